The Morgan fingerprint density at radius 3 is 2.76 bits per heavy atom. The van der Waals surface area contributed by atoms with Crippen LogP contribution in [0.3, 0.4) is 0 Å². The Morgan fingerprint density at radius 2 is 2.08 bits per heavy atom. The first-order valence-corrected chi connectivity index (χ1v) is 7.49. The van der Waals surface area contributed by atoms with Crippen LogP contribution in [-0.4, -0.2) is 32.7 Å². The Kier molecular flexibility index (Phi) is 4.87. The molecule has 0 unspecified atom stereocenters. The van der Waals surface area contributed by atoms with Crippen molar-refractivity contribution in [2.24, 2.45) is 0 Å². The van der Waals surface area contributed by atoms with Gasteiger partial charge in [0.05, 0.1) is 16.9 Å². The average Bonchev–Trinajstić information content (AvgIpc) is 3.15. The van der Waals surface area contributed by atoms with E-state index < -0.39 is 5.91 Å². The van der Waals surface area contributed by atoms with Gasteiger partial charge >= 0.3 is 0 Å². The van der Waals surface area contributed by atoms with Gasteiger partial charge in [-0.25, -0.2) is 4.68 Å². The highest BCUT2D eigenvalue weighted by Crippen LogP contribution is 2.20. The zero-order valence-corrected chi connectivity index (χ0v) is 13.5. The van der Waals surface area contributed by atoms with Crippen LogP contribution in [0.2, 0.25) is 5.02 Å². The Bertz CT molecular complexity index is 919. The number of amides is 1. The molecule has 0 saturated carbocycles. The fourth-order valence-electron chi connectivity index (χ4n) is 2.03. The van der Waals surface area contributed by atoms with Gasteiger partial charge in [0.1, 0.15) is 18.1 Å². The molecule has 1 amide bonds. The minimum atomic E-state index is -0.400. The Balaban J connectivity index is 1.59. The van der Waals surface area contributed by atoms with Crippen molar-refractivity contribution in [1.29, 1.82) is 5.26 Å². The molecule has 25 heavy (non-hydrogen) atoms. The smallest absolute Gasteiger partial charge is 0.262 e. The van der Waals surface area contributed by atoms with Gasteiger partial charge in [-0.1, -0.05) is 11.6 Å². The first-order chi connectivity index (χ1) is 12.2. The Labute approximate surface area is 147 Å². The molecule has 0 aliphatic heterocycles. The molecular weight excluding hydrogens is 344 g/mol. The predicted octanol–water partition coefficient (Wildman–Crippen LogP) is 2.20. The van der Waals surface area contributed by atoms with Crippen LogP contribution < -0.4 is 10.1 Å². The molecule has 1 heterocycles. The van der Waals surface area contributed by atoms with Crippen molar-refractivity contribution >= 4 is 23.2 Å². The highest BCUT2D eigenvalue weighted by molar-refractivity contribution is 6.31. The number of nitrogens with one attached hydrogen (secondary N) is 1. The second-order valence-corrected chi connectivity index (χ2v) is 5.32. The standard InChI is InChI=1S/C16H11ClN6O2/c17-12-2-1-11(8-18)15(7-12)20-16(24)9-25-14-5-3-13(4-6-14)23-10-19-21-22-23/h1-7,10H,9H2,(H,20,24). The van der Waals surface area contributed by atoms with Gasteiger partial charge in [-0.2, -0.15) is 5.26 Å². The van der Waals surface area contributed by atoms with E-state index in [-0.39, 0.29) is 6.61 Å². The van der Waals surface area contributed by atoms with Crippen LogP contribution in [0.5, 0.6) is 5.75 Å². The number of carbonyl (C=O) groups is 1. The quantitative estimate of drug-likeness (QED) is 0.753. The lowest BCUT2D eigenvalue weighted by Crippen LogP contribution is -2.20. The van der Waals surface area contributed by atoms with Gasteiger partial charge in [0.25, 0.3) is 5.91 Å². The van der Waals surface area contributed by atoms with Crippen LogP contribution >= 0.6 is 11.6 Å². The number of aromatic nitrogens is 4. The molecule has 0 spiro atoms. The molecule has 1 aromatic heterocycles. The monoisotopic (exact) mass is 354 g/mol. The number of ether oxygens (including phenoxy) is 1. The molecule has 0 aliphatic carbocycles. The van der Waals surface area contributed by atoms with E-state index in [1.54, 1.807) is 30.3 Å². The third kappa shape index (κ3) is 4.10. The number of carbonyl (C=O) groups excluding carboxylic acids is 1. The van der Waals surface area contributed by atoms with Gasteiger partial charge in [-0.05, 0) is 52.9 Å². The molecule has 124 valence electrons. The number of hydrogen-bond acceptors (Lipinski definition) is 6. The van der Waals surface area contributed by atoms with Gasteiger partial charge < -0.3 is 10.1 Å². The van der Waals surface area contributed by atoms with E-state index in [0.29, 0.717) is 22.0 Å². The number of anilines is 1. The topological polar surface area (TPSA) is 106 Å². The molecule has 9 heteroatoms. The number of hydrogen-bond donors (Lipinski definition) is 1. The van der Waals surface area contributed by atoms with E-state index in [4.69, 9.17) is 21.6 Å². The van der Waals surface area contributed by atoms with Crippen LogP contribution in [0.1, 0.15) is 5.56 Å². The van der Waals surface area contributed by atoms with E-state index in [1.165, 1.54) is 23.1 Å². The summed E-state index contributed by atoms with van der Waals surface area (Å²) in [6.07, 6.45) is 1.47. The van der Waals surface area contributed by atoms with Crippen LogP contribution in [0, 0.1) is 11.3 Å². The van der Waals surface area contributed by atoms with Gasteiger partial charge in [0, 0.05) is 5.02 Å². The lowest BCUT2D eigenvalue weighted by Gasteiger charge is -2.09. The summed E-state index contributed by atoms with van der Waals surface area (Å²) in [6.45, 7) is -0.207. The summed E-state index contributed by atoms with van der Waals surface area (Å²) in [5, 5.41) is 23.0. The maximum absolute atomic E-state index is 12.0. The van der Waals surface area contributed by atoms with Crippen molar-refractivity contribution < 1.29 is 9.53 Å². The SMILES string of the molecule is N#Cc1ccc(Cl)cc1NC(=O)COc1ccc(-n2cnnn2)cc1. The van der Waals surface area contributed by atoms with Crippen molar-refractivity contribution in [3.8, 4) is 17.5 Å². The van der Waals surface area contributed by atoms with Crippen LogP contribution in [0.25, 0.3) is 5.69 Å². The van der Waals surface area contributed by atoms with Crippen molar-refractivity contribution in [2.45, 2.75) is 0 Å². The highest BCUT2D eigenvalue weighted by Gasteiger charge is 2.09. The predicted molar refractivity (Wildman–Crippen MR) is 89.4 cm³/mol. The molecule has 0 saturated heterocycles. The third-order valence-corrected chi connectivity index (χ3v) is 3.43. The lowest BCUT2D eigenvalue weighted by molar-refractivity contribution is -0.118. The lowest BCUT2D eigenvalue weighted by atomic mass is 10.2. The summed E-state index contributed by atoms with van der Waals surface area (Å²) < 4.78 is 6.93. The number of benzene rings is 2. The Hall–Kier alpha value is -3.44. The molecule has 8 nitrogen and oxygen atoms in total. The molecule has 1 N–H and O–H groups in total. The summed E-state index contributed by atoms with van der Waals surface area (Å²) in [7, 11) is 0. The summed E-state index contributed by atoms with van der Waals surface area (Å²) in [5.74, 6) is 0.113. The van der Waals surface area contributed by atoms with Crippen molar-refractivity contribution in [3.05, 3.63) is 59.4 Å². The van der Waals surface area contributed by atoms with Gasteiger partial charge in [0.2, 0.25) is 0 Å². The minimum Gasteiger partial charge on any atom is -0.484 e. The van der Waals surface area contributed by atoms with Crippen LogP contribution in [0.4, 0.5) is 5.69 Å². The van der Waals surface area contributed by atoms with E-state index in [0.717, 1.165) is 5.69 Å². The molecule has 3 aromatic rings. The second-order valence-electron chi connectivity index (χ2n) is 4.89. The van der Waals surface area contributed by atoms with Crippen molar-refractivity contribution in [2.75, 3.05) is 11.9 Å². The number of halogens is 1. The van der Waals surface area contributed by atoms with E-state index in [9.17, 15) is 4.79 Å². The van der Waals surface area contributed by atoms with E-state index in [1.807, 2.05) is 6.07 Å². The van der Waals surface area contributed by atoms with Crippen LogP contribution in [-0.2, 0) is 4.79 Å². The molecule has 0 aliphatic rings. The fraction of sp³-hybridized carbons (Fsp3) is 0.0625. The fourth-order valence-corrected chi connectivity index (χ4v) is 2.20. The third-order valence-electron chi connectivity index (χ3n) is 3.20. The Morgan fingerprint density at radius 1 is 1.28 bits per heavy atom. The van der Waals surface area contributed by atoms with E-state index >= 15 is 0 Å². The summed E-state index contributed by atoms with van der Waals surface area (Å²) in [6, 6.07) is 13.5. The summed E-state index contributed by atoms with van der Waals surface area (Å²) >= 11 is 5.88. The number of tetrazole rings is 1. The van der Waals surface area contributed by atoms with Crippen molar-refractivity contribution in [1.82, 2.24) is 20.2 Å². The number of nitriles is 1. The minimum absolute atomic E-state index is 0.207. The largest absolute Gasteiger partial charge is 0.484 e. The van der Waals surface area contributed by atoms with Gasteiger partial charge in [-0.15, -0.1) is 5.10 Å². The summed E-state index contributed by atoms with van der Waals surface area (Å²) in [4.78, 5) is 12.0. The maximum Gasteiger partial charge on any atom is 0.262 e. The second kappa shape index (κ2) is 7.42. The molecule has 0 bridgehead atoms. The highest BCUT2D eigenvalue weighted by atomic mass is 35.5. The summed E-state index contributed by atoms with van der Waals surface area (Å²) in [5.41, 5.74) is 1.43. The number of rotatable bonds is 5. The normalized spacial score (nSPS) is 10.1. The van der Waals surface area contributed by atoms with Gasteiger partial charge in [-0.3, -0.25) is 4.79 Å². The first kappa shape index (κ1) is 16.4. The number of nitrogens with zero attached hydrogens (tertiary/aromatic N) is 5. The van der Waals surface area contributed by atoms with Crippen molar-refractivity contribution in [3.63, 3.8) is 0 Å². The molecule has 0 fully saturated rings. The molecule has 0 atom stereocenters. The maximum atomic E-state index is 12.0. The van der Waals surface area contributed by atoms with Gasteiger partial charge in [0.15, 0.2) is 6.61 Å². The molecule has 3 rings (SSSR count). The van der Waals surface area contributed by atoms with Crippen LogP contribution in [0.15, 0.2) is 48.8 Å². The molecule has 2 aromatic carbocycles. The first-order valence-electron chi connectivity index (χ1n) is 7.11. The average molecular weight is 355 g/mol. The molecule has 0 radical (unpaired) electrons. The van der Waals surface area contributed by atoms with E-state index in [2.05, 4.69) is 20.8 Å². The zero-order chi connectivity index (χ0) is 17.6. The zero-order valence-electron chi connectivity index (χ0n) is 12.8. The molecular formula is C16H11ClN6O2.